The Morgan fingerprint density at radius 1 is 0.150 bits per heavy atom. The molecule has 2 aromatic heterocycles. The van der Waals surface area contributed by atoms with Gasteiger partial charge in [0.2, 0.25) is 0 Å². The Morgan fingerprint density at radius 2 is 0.406 bits per heavy atom. The lowest BCUT2D eigenvalue weighted by molar-refractivity contribution is 1.17. The molecule has 133 heavy (non-hydrogen) atoms. The van der Waals surface area contributed by atoms with Crippen molar-refractivity contribution in [3.63, 3.8) is 0 Å². The second-order valence-corrected chi connectivity index (χ2v) is 34.8. The maximum absolute atomic E-state index is 2.47. The quantitative estimate of drug-likeness (QED) is 0.101. The average molecular weight is 1690 g/mol. The molecule has 26 aromatic rings. The van der Waals surface area contributed by atoms with Crippen LogP contribution in [0.3, 0.4) is 0 Å². The van der Waals surface area contributed by atoms with Crippen LogP contribution >= 0.6 is 0 Å². The van der Waals surface area contributed by atoms with E-state index in [0.29, 0.717) is 0 Å². The zero-order valence-corrected chi connectivity index (χ0v) is 73.2. The van der Waals surface area contributed by atoms with Crippen LogP contribution in [0.15, 0.2) is 504 Å². The summed E-state index contributed by atoms with van der Waals surface area (Å²) in [5, 5.41) is 24.6. The van der Waals surface area contributed by atoms with E-state index in [-0.39, 0.29) is 0 Å². The van der Waals surface area contributed by atoms with Crippen molar-refractivity contribution >= 4 is 164 Å². The van der Waals surface area contributed by atoms with Crippen LogP contribution in [0.4, 0.5) is 34.1 Å². The third-order valence-electron chi connectivity index (χ3n) is 27.3. The van der Waals surface area contributed by atoms with E-state index < -0.39 is 0 Å². The minimum absolute atomic E-state index is 1.09. The SMILES string of the molecule is Cc1ccc2c(-c3cccc(-c4ccccc4)c3)c3ccccc3c(-c3c4ccccc4c(N(c4ccccc4)c4ccc(-n5c6ccccc6c6ccccc65)cc4)c4ccccc34)c2c1.c1ccc(-c2ccccc2-c2c3ccccc3c(-c3c4ccccc4c(N(c4ccccc4)c4ccc(-n5c6ccccc6c6ccccc65)cc4)c4ccccc34)c3ccccc23)cc1. The highest BCUT2D eigenvalue weighted by atomic mass is 15.2. The van der Waals surface area contributed by atoms with E-state index in [1.807, 2.05) is 0 Å². The Balaban J connectivity index is 0.000000143. The fourth-order valence-electron chi connectivity index (χ4n) is 21.7. The van der Waals surface area contributed by atoms with Gasteiger partial charge in [-0.05, 0) is 241 Å². The minimum atomic E-state index is 1.09. The van der Waals surface area contributed by atoms with Gasteiger partial charge in [-0.3, -0.25) is 0 Å². The lowest BCUT2D eigenvalue weighted by Gasteiger charge is -2.30. The molecule has 2 heterocycles. The van der Waals surface area contributed by atoms with E-state index in [9.17, 15) is 0 Å². The van der Waals surface area contributed by atoms with Gasteiger partial charge in [0.1, 0.15) is 0 Å². The van der Waals surface area contributed by atoms with Crippen molar-refractivity contribution in [2.45, 2.75) is 6.92 Å². The maximum Gasteiger partial charge on any atom is 0.0618 e. The number of anilines is 6. The van der Waals surface area contributed by atoms with E-state index in [1.54, 1.807) is 0 Å². The molecule has 0 spiro atoms. The van der Waals surface area contributed by atoms with Crippen LogP contribution < -0.4 is 9.80 Å². The molecular formula is C129H86N4. The number of nitrogens with zero attached hydrogens (tertiary/aromatic N) is 4. The van der Waals surface area contributed by atoms with Crippen LogP contribution in [-0.2, 0) is 0 Å². The van der Waals surface area contributed by atoms with Gasteiger partial charge >= 0.3 is 0 Å². The smallest absolute Gasteiger partial charge is 0.0618 e. The van der Waals surface area contributed by atoms with Gasteiger partial charge in [0.15, 0.2) is 0 Å². The van der Waals surface area contributed by atoms with Crippen LogP contribution in [0.2, 0.25) is 0 Å². The molecule has 0 saturated carbocycles. The number of para-hydroxylation sites is 6. The fourth-order valence-corrected chi connectivity index (χ4v) is 21.7. The summed E-state index contributed by atoms with van der Waals surface area (Å²) in [5.74, 6) is 0. The first-order valence-electron chi connectivity index (χ1n) is 46.0. The fraction of sp³-hybridized carbons (Fsp3) is 0.00775. The third-order valence-corrected chi connectivity index (χ3v) is 27.3. The molecule has 0 radical (unpaired) electrons. The molecule has 0 unspecified atom stereocenters. The first-order valence-corrected chi connectivity index (χ1v) is 46.0. The van der Waals surface area contributed by atoms with Crippen molar-refractivity contribution in [1.29, 1.82) is 0 Å². The van der Waals surface area contributed by atoms with Crippen molar-refractivity contribution in [2.75, 3.05) is 9.80 Å². The van der Waals surface area contributed by atoms with Crippen molar-refractivity contribution in [3.8, 4) is 78.1 Å². The molecule has 24 aromatic carbocycles. The molecule has 4 heteroatoms. The number of aryl methyl sites for hydroxylation is 1. The van der Waals surface area contributed by atoms with E-state index >= 15 is 0 Å². The van der Waals surface area contributed by atoms with Crippen LogP contribution in [0.1, 0.15) is 5.56 Å². The van der Waals surface area contributed by atoms with Gasteiger partial charge in [-0.15, -0.1) is 0 Å². The van der Waals surface area contributed by atoms with Gasteiger partial charge in [0.05, 0.1) is 33.4 Å². The van der Waals surface area contributed by atoms with E-state index in [0.717, 1.165) is 45.5 Å². The zero-order valence-electron chi connectivity index (χ0n) is 73.2. The zero-order chi connectivity index (χ0) is 88.0. The Bertz CT molecular complexity index is 8790. The average Bonchev–Trinajstić information content (AvgIpc) is 0.742. The molecule has 26 rings (SSSR count). The summed E-state index contributed by atoms with van der Waals surface area (Å²) < 4.78 is 4.78. The molecule has 0 aliphatic carbocycles. The molecule has 0 aliphatic rings. The maximum atomic E-state index is 2.47. The largest absolute Gasteiger partial charge is 0.309 e. The van der Waals surface area contributed by atoms with Crippen molar-refractivity contribution in [3.05, 3.63) is 509 Å². The molecule has 0 bridgehead atoms. The summed E-state index contributed by atoms with van der Waals surface area (Å²) in [6, 6.07) is 185. The molecule has 622 valence electrons. The first-order chi connectivity index (χ1) is 66.0. The lowest BCUT2D eigenvalue weighted by atomic mass is 9.81. The molecule has 0 saturated heterocycles. The number of rotatable bonds is 14. The molecule has 0 N–H and O–H groups in total. The Morgan fingerprint density at radius 3 is 0.782 bits per heavy atom. The Kier molecular flexibility index (Phi) is 19.1. The summed E-state index contributed by atoms with van der Waals surface area (Å²) in [6.07, 6.45) is 0. The number of hydrogen-bond acceptors (Lipinski definition) is 2. The molecular weight excluding hydrogens is 1610 g/mol. The van der Waals surface area contributed by atoms with Gasteiger partial charge in [-0.2, -0.15) is 0 Å². The van der Waals surface area contributed by atoms with Gasteiger partial charge in [-0.25, -0.2) is 0 Å². The molecule has 0 atom stereocenters. The predicted molar refractivity (Wildman–Crippen MR) is 568 cm³/mol. The van der Waals surface area contributed by atoms with Crippen LogP contribution in [-0.4, -0.2) is 9.13 Å². The Hall–Kier alpha value is -17.4. The van der Waals surface area contributed by atoms with Gasteiger partial charge < -0.3 is 18.9 Å². The summed E-state index contributed by atoms with van der Waals surface area (Å²) in [6.45, 7) is 2.22. The number of hydrogen-bond donors (Lipinski definition) is 0. The summed E-state index contributed by atoms with van der Waals surface area (Å²) in [4.78, 5) is 4.93. The van der Waals surface area contributed by atoms with Gasteiger partial charge in [0.25, 0.3) is 0 Å². The highest BCUT2D eigenvalue weighted by molar-refractivity contribution is 6.33. The standard InChI is InChI=1S/C65H44N2.C64H42N2/c1-43-35-40-56-59(41-43)64(53-28-9-8-27-52(53)62(56)46-22-18-21-45(42-46)44-19-4-2-5-20-44)63-54-29-10-12-31-57(54)65(58-32-13-11-30-55(58)63)66(47-23-6-3-7-24-47)48-36-38-49(39-37-48)67-60-33-16-14-25-50(60)51-26-15-17-34-61(51)67;1-3-21-43(22-4-1)47-25-7-8-28-50(47)61-51-29-9-11-31-53(51)62(54-32-12-10-30-52(54)61)63-55-33-13-15-35-57(55)64(58-36-16-14-34-56(58)63)65(44-23-5-2-6-24-44)45-39-41-46(42-40-45)66-59-37-19-17-26-48(59)49-27-18-20-38-60(49)66/h2-42H,1H3;1-42H. The van der Waals surface area contributed by atoms with E-state index in [4.69, 9.17) is 0 Å². The second-order valence-electron chi connectivity index (χ2n) is 34.8. The topological polar surface area (TPSA) is 16.3 Å². The van der Waals surface area contributed by atoms with Gasteiger partial charge in [-0.1, -0.05) is 406 Å². The molecule has 0 aliphatic heterocycles. The number of benzene rings is 24. The van der Waals surface area contributed by atoms with E-state index in [1.165, 1.54) is 202 Å². The van der Waals surface area contributed by atoms with E-state index in [2.05, 4.69) is 529 Å². The van der Waals surface area contributed by atoms with Crippen LogP contribution in [0, 0.1) is 6.92 Å². The summed E-state index contributed by atoms with van der Waals surface area (Å²) >= 11 is 0. The normalized spacial score (nSPS) is 11.6. The molecule has 0 fully saturated rings. The van der Waals surface area contributed by atoms with Crippen LogP contribution in [0.5, 0.6) is 0 Å². The van der Waals surface area contributed by atoms with Crippen molar-refractivity contribution in [2.24, 2.45) is 0 Å². The van der Waals surface area contributed by atoms with Gasteiger partial charge in [0, 0.05) is 77.2 Å². The number of aromatic nitrogens is 2. The lowest BCUT2D eigenvalue weighted by Crippen LogP contribution is -2.11. The highest BCUT2D eigenvalue weighted by Gasteiger charge is 2.30. The minimum Gasteiger partial charge on any atom is -0.309 e. The summed E-state index contributed by atoms with van der Waals surface area (Å²) in [7, 11) is 0. The van der Waals surface area contributed by atoms with Crippen molar-refractivity contribution < 1.29 is 0 Å². The second kappa shape index (κ2) is 32.7. The molecule has 4 nitrogen and oxygen atoms in total. The van der Waals surface area contributed by atoms with Crippen LogP contribution in [0.25, 0.3) is 208 Å². The monoisotopic (exact) mass is 1690 g/mol. The summed E-state index contributed by atoms with van der Waals surface area (Å²) in [5.41, 5.74) is 29.8. The first kappa shape index (κ1) is 77.9. The Labute approximate surface area is 771 Å². The highest BCUT2D eigenvalue weighted by Crippen LogP contribution is 2.57. The predicted octanol–water partition coefficient (Wildman–Crippen LogP) is 36.0. The van der Waals surface area contributed by atoms with Crippen molar-refractivity contribution in [1.82, 2.24) is 9.13 Å². The number of fused-ring (bicyclic) bond motifs is 14. The third kappa shape index (κ3) is 13.0. The molecule has 0 amide bonds.